The van der Waals surface area contributed by atoms with E-state index in [1.807, 2.05) is 60.7 Å². The van der Waals surface area contributed by atoms with Crippen molar-refractivity contribution in [2.45, 2.75) is 6.92 Å². The molecule has 0 atom stereocenters. The van der Waals surface area contributed by atoms with E-state index in [4.69, 9.17) is 4.74 Å². The molecule has 27 heavy (non-hydrogen) atoms. The number of aryl methyl sites for hydroxylation is 1. The molecule has 0 fully saturated rings. The van der Waals surface area contributed by atoms with Crippen LogP contribution in [0.5, 0.6) is 5.75 Å². The Morgan fingerprint density at radius 3 is 2.44 bits per heavy atom. The lowest BCUT2D eigenvalue weighted by atomic mass is 9.97. The molecule has 0 amide bonds. The third kappa shape index (κ3) is 3.37. The van der Waals surface area contributed by atoms with Crippen LogP contribution in [0.4, 0.5) is 0 Å². The van der Waals surface area contributed by atoms with Crippen molar-refractivity contribution in [1.82, 2.24) is 19.8 Å². The lowest BCUT2D eigenvalue weighted by Gasteiger charge is -2.09. The van der Waals surface area contributed by atoms with Gasteiger partial charge in [-0.2, -0.15) is 9.61 Å². The number of nitrogens with zero attached hydrogens (tertiary/aromatic N) is 4. The van der Waals surface area contributed by atoms with Crippen molar-refractivity contribution in [3.8, 4) is 5.75 Å². The third-order valence-corrected chi connectivity index (χ3v) is 4.96. The summed E-state index contributed by atoms with van der Waals surface area (Å²) in [5.41, 5.74) is 3.15. The van der Waals surface area contributed by atoms with E-state index in [0.29, 0.717) is 15.7 Å². The van der Waals surface area contributed by atoms with Crippen LogP contribution in [-0.2, 0) is 0 Å². The van der Waals surface area contributed by atoms with Gasteiger partial charge in [0.25, 0.3) is 5.56 Å². The first kappa shape index (κ1) is 17.1. The molecule has 4 aromatic rings. The van der Waals surface area contributed by atoms with Crippen molar-refractivity contribution in [2.24, 2.45) is 0 Å². The highest BCUT2D eigenvalue weighted by atomic mass is 32.1. The smallest absolute Gasteiger partial charge is 0.296 e. The van der Waals surface area contributed by atoms with E-state index < -0.39 is 0 Å². The first-order valence-electron chi connectivity index (χ1n) is 8.30. The highest BCUT2D eigenvalue weighted by Crippen LogP contribution is 2.28. The molecular formula is C20H16N4O2S. The van der Waals surface area contributed by atoms with Gasteiger partial charge in [0.2, 0.25) is 4.96 Å². The van der Waals surface area contributed by atoms with E-state index >= 15 is 0 Å². The Morgan fingerprint density at radius 2 is 1.74 bits per heavy atom. The monoisotopic (exact) mass is 376 g/mol. The molecule has 0 saturated carbocycles. The highest BCUT2D eigenvalue weighted by Gasteiger charge is 2.11. The second-order valence-electron chi connectivity index (χ2n) is 5.88. The predicted molar refractivity (Wildman–Crippen MR) is 106 cm³/mol. The minimum Gasteiger partial charge on any atom is -0.497 e. The fourth-order valence-electron chi connectivity index (χ4n) is 2.71. The van der Waals surface area contributed by atoms with Gasteiger partial charge in [0.15, 0.2) is 0 Å². The Bertz CT molecular complexity index is 1180. The van der Waals surface area contributed by atoms with E-state index in [-0.39, 0.29) is 5.56 Å². The largest absolute Gasteiger partial charge is 0.497 e. The molecule has 0 spiro atoms. The van der Waals surface area contributed by atoms with Gasteiger partial charge < -0.3 is 4.74 Å². The Morgan fingerprint density at radius 1 is 1.04 bits per heavy atom. The maximum Gasteiger partial charge on any atom is 0.296 e. The van der Waals surface area contributed by atoms with Gasteiger partial charge in [-0.3, -0.25) is 4.79 Å². The van der Waals surface area contributed by atoms with Crippen LogP contribution in [0.3, 0.4) is 0 Å². The lowest BCUT2D eigenvalue weighted by Crippen LogP contribution is -2.19. The van der Waals surface area contributed by atoms with Crippen LogP contribution in [0.1, 0.15) is 21.8 Å². The van der Waals surface area contributed by atoms with E-state index in [2.05, 4.69) is 15.3 Å². The Labute approximate surface area is 159 Å². The summed E-state index contributed by atoms with van der Waals surface area (Å²) in [5, 5.41) is 13.0. The van der Waals surface area contributed by atoms with Crippen molar-refractivity contribution in [3.05, 3.63) is 86.8 Å². The number of aromatic nitrogens is 4. The van der Waals surface area contributed by atoms with Gasteiger partial charge in [0, 0.05) is 0 Å². The van der Waals surface area contributed by atoms with Gasteiger partial charge in [0.05, 0.1) is 7.11 Å². The van der Waals surface area contributed by atoms with Gasteiger partial charge in [-0.25, -0.2) is 0 Å². The standard InChI is InChI=1S/C20H16N4O2S/c1-13-19(25)24-20(22-21-13)27-18(23-24)12-17(14-6-4-3-5-7-14)15-8-10-16(26-2)11-9-15/h3-12H,1-2H3/b17-12+. The van der Waals surface area contributed by atoms with Crippen LogP contribution in [0.2, 0.25) is 0 Å². The lowest BCUT2D eigenvalue weighted by molar-refractivity contribution is 0.415. The molecule has 6 nitrogen and oxygen atoms in total. The summed E-state index contributed by atoms with van der Waals surface area (Å²) in [7, 11) is 1.64. The molecule has 134 valence electrons. The zero-order valence-electron chi connectivity index (χ0n) is 14.8. The highest BCUT2D eigenvalue weighted by molar-refractivity contribution is 7.17. The molecule has 4 rings (SSSR count). The molecule has 7 heteroatoms. The summed E-state index contributed by atoms with van der Waals surface area (Å²) < 4.78 is 6.56. The van der Waals surface area contributed by atoms with Crippen LogP contribution < -0.4 is 10.3 Å². The van der Waals surface area contributed by atoms with Gasteiger partial charge in [-0.1, -0.05) is 53.8 Å². The molecule has 0 aliphatic carbocycles. The first-order chi connectivity index (χ1) is 13.2. The zero-order valence-corrected chi connectivity index (χ0v) is 15.6. The number of methoxy groups -OCH3 is 1. The van der Waals surface area contributed by atoms with Crippen LogP contribution in [-0.4, -0.2) is 26.9 Å². The SMILES string of the molecule is COc1ccc(/C(=C/c2nn3c(=O)c(C)nnc3s2)c2ccccc2)cc1. The summed E-state index contributed by atoms with van der Waals surface area (Å²) in [4.78, 5) is 12.7. The topological polar surface area (TPSA) is 69.4 Å². The average molecular weight is 376 g/mol. The minimum atomic E-state index is -0.249. The molecular weight excluding hydrogens is 360 g/mol. The van der Waals surface area contributed by atoms with Crippen LogP contribution >= 0.6 is 11.3 Å². The molecule has 0 unspecified atom stereocenters. The zero-order chi connectivity index (χ0) is 18.8. The van der Waals surface area contributed by atoms with E-state index in [0.717, 1.165) is 22.4 Å². The Balaban J connectivity index is 1.87. The van der Waals surface area contributed by atoms with Crippen molar-refractivity contribution in [1.29, 1.82) is 0 Å². The van der Waals surface area contributed by atoms with E-state index in [1.165, 1.54) is 15.9 Å². The number of rotatable bonds is 4. The normalized spacial score (nSPS) is 11.7. The van der Waals surface area contributed by atoms with Gasteiger partial charge in [0.1, 0.15) is 16.5 Å². The summed E-state index contributed by atoms with van der Waals surface area (Å²) in [6.07, 6.45) is 1.96. The number of ether oxygens (including phenoxy) is 1. The van der Waals surface area contributed by atoms with Crippen LogP contribution in [0.25, 0.3) is 16.6 Å². The van der Waals surface area contributed by atoms with Gasteiger partial charge >= 0.3 is 0 Å². The van der Waals surface area contributed by atoms with Crippen molar-refractivity contribution < 1.29 is 4.74 Å². The van der Waals surface area contributed by atoms with Gasteiger partial charge in [-0.05, 0) is 41.8 Å². The number of benzene rings is 2. The van der Waals surface area contributed by atoms with Crippen molar-refractivity contribution in [3.63, 3.8) is 0 Å². The molecule has 0 N–H and O–H groups in total. The van der Waals surface area contributed by atoms with Crippen molar-refractivity contribution in [2.75, 3.05) is 7.11 Å². The maximum absolute atomic E-state index is 12.2. The Kier molecular flexibility index (Phi) is 4.52. The quantitative estimate of drug-likeness (QED) is 0.546. The molecule has 2 heterocycles. The summed E-state index contributed by atoms with van der Waals surface area (Å²) in [6.45, 7) is 1.63. The molecule has 2 aromatic carbocycles. The molecule has 0 bridgehead atoms. The van der Waals surface area contributed by atoms with Crippen molar-refractivity contribution >= 4 is 27.9 Å². The summed E-state index contributed by atoms with van der Waals surface area (Å²) >= 11 is 1.32. The van der Waals surface area contributed by atoms with Gasteiger partial charge in [-0.15, -0.1) is 10.2 Å². The molecule has 0 aliphatic heterocycles. The second-order valence-corrected chi connectivity index (χ2v) is 6.87. The van der Waals surface area contributed by atoms with E-state index in [1.54, 1.807) is 14.0 Å². The number of hydrogen-bond acceptors (Lipinski definition) is 6. The van der Waals surface area contributed by atoms with Crippen LogP contribution in [0.15, 0.2) is 59.4 Å². The fourth-order valence-corrected chi connectivity index (χ4v) is 3.49. The number of hydrogen-bond donors (Lipinski definition) is 0. The molecule has 0 aliphatic rings. The first-order valence-corrected chi connectivity index (χ1v) is 9.12. The minimum absolute atomic E-state index is 0.249. The number of fused-ring (bicyclic) bond motifs is 1. The summed E-state index contributed by atoms with van der Waals surface area (Å²) in [5.74, 6) is 0.795. The third-order valence-electron chi connectivity index (χ3n) is 4.12. The average Bonchev–Trinajstić information content (AvgIpc) is 3.13. The second kappa shape index (κ2) is 7.13. The molecule has 2 aromatic heterocycles. The summed E-state index contributed by atoms with van der Waals surface area (Å²) in [6, 6.07) is 17.9. The molecule has 0 radical (unpaired) electrons. The van der Waals surface area contributed by atoms with E-state index in [9.17, 15) is 4.79 Å². The molecule has 0 saturated heterocycles. The maximum atomic E-state index is 12.2. The predicted octanol–water partition coefficient (Wildman–Crippen LogP) is 3.45. The Hall–Kier alpha value is -3.32. The fraction of sp³-hybridized carbons (Fsp3) is 0.100. The van der Waals surface area contributed by atoms with Crippen LogP contribution in [0, 0.1) is 6.92 Å².